The molecule has 3 N–H and O–H groups in total. The molecule has 9 heteroatoms. The zero-order chi connectivity index (χ0) is 26.2. The summed E-state index contributed by atoms with van der Waals surface area (Å²) in [6.45, 7) is 6.10. The number of ether oxygens (including phenoxy) is 3. The van der Waals surface area contributed by atoms with Crippen LogP contribution in [0.1, 0.15) is 55.3 Å². The van der Waals surface area contributed by atoms with E-state index in [4.69, 9.17) is 19.3 Å². The smallest absolute Gasteiger partial charge is 0.303 e. The summed E-state index contributed by atoms with van der Waals surface area (Å²) in [4.78, 5) is 25.1. The molecule has 200 valence electrons. The molecule has 0 aromatic heterocycles. The lowest BCUT2D eigenvalue weighted by Crippen LogP contribution is -2.47. The maximum atomic E-state index is 12.1. The average Bonchev–Trinajstić information content (AvgIpc) is 2.91. The second-order valence-corrected chi connectivity index (χ2v) is 9.65. The van der Waals surface area contributed by atoms with Crippen LogP contribution >= 0.6 is 0 Å². The number of hydrogen-bond acceptors (Lipinski definition) is 7. The molecule has 1 amide bonds. The Balaban J connectivity index is 1.47. The molecule has 2 aromatic rings. The molecular weight excluding hydrogens is 476 g/mol. The van der Waals surface area contributed by atoms with Crippen LogP contribution in [0, 0.1) is 5.92 Å². The number of benzene rings is 2. The van der Waals surface area contributed by atoms with Crippen molar-refractivity contribution in [3.8, 4) is 0 Å². The third-order valence-electron chi connectivity index (χ3n) is 6.93. The Labute approximate surface area is 217 Å². The van der Waals surface area contributed by atoms with Crippen LogP contribution in [0.3, 0.4) is 0 Å². The molecule has 2 aromatic carbocycles. The van der Waals surface area contributed by atoms with Crippen LogP contribution < -0.4 is 5.32 Å². The summed E-state index contributed by atoms with van der Waals surface area (Å²) < 4.78 is 18.5. The number of aliphatic carboxylic acids is 1. The van der Waals surface area contributed by atoms with Crippen LogP contribution in [0.5, 0.6) is 0 Å². The first-order valence-electron chi connectivity index (χ1n) is 12.8. The number of carbonyl (C=O) groups excluding carboxylic acids is 1. The van der Waals surface area contributed by atoms with E-state index in [-0.39, 0.29) is 43.5 Å². The van der Waals surface area contributed by atoms with Gasteiger partial charge >= 0.3 is 5.97 Å². The fourth-order valence-corrected chi connectivity index (χ4v) is 4.71. The highest BCUT2D eigenvalue weighted by atomic mass is 16.7. The summed E-state index contributed by atoms with van der Waals surface area (Å²) in [6, 6.07) is 15.2. The van der Waals surface area contributed by atoms with Gasteiger partial charge in [-0.3, -0.25) is 14.5 Å². The number of morpholine rings is 1. The van der Waals surface area contributed by atoms with E-state index in [9.17, 15) is 14.7 Å². The van der Waals surface area contributed by atoms with Crippen LogP contribution in [0.15, 0.2) is 48.5 Å². The Kier molecular flexibility index (Phi) is 9.65. The molecule has 2 aliphatic rings. The summed E-state index contributed by atoms with van der Waals surface area (Å²) in [5.41, 5.74) is 3.37. The Bertz CT molecular complexity index is 1020. The minimum Gasteiger partial charge on any atom is -0.481 e. The molecule has 37 heavy (non-hydrogen) atoms. The van der Waals surface area contributed by atoms with E-state index in [2.05, 4.69) is 17.1 Å². The number of nitrogens with one attached hydrogen (secondary N) is 1. The summed E-state index contributed by atoms with van der Waals surface area (Å²) in [7, 11) is 0. The van der Waals surface area contributed by atoms with Crippen molar-refractivity contribution in [1.82, 2.24) is 4.90 Å². The molecule has 2 saturated heterocycles. The van der Waals surface area contributed by atoms with Gasteiger partial charge in [0.05, 0.1) is 32.0 Å². The Hall–Kier alpha value is -2.82. The average molecular weight is 513 g/mol. The first kappa shape index (κ1) is 27.2. The SMILES string of the molecule is C[C@@H]1[C@H](CN2CCOCC2)O[C@H](c2ccc(NC(=O)CCCC(=O)O)cc2)O[C@@H]1c1ccc(CO)cc1. The second-order valence-electron chi connectivity index (χ2n) is 9.65. The van der Waals surface area contributed by atoms with Gasteiger partial charge in [-0.05, 0) is 29.7 Å². The van der Waals surface area contributed by atoms with E-state index in [0.29, 0.717) is 12.1 Å². The lowest BCUT2D eigenvalue weighted by molar-refractivity contribution is -0.277. The highest BCUT2D eigenvalue weighted by molar-refractivity contribution is 5.90. The number of carbonyl (C=O) groups is 2. The van der Waals surface area contributed by atoms with Gasteiger partial charge in [-0.1, -0.05) is 43.3 Å². The van der Waals surface area contributed by atoms with Gasteiger partial charge in [-0.2, -0.15) is 0 Å². The lowest BCUT2D eigenvalue weighted by Gasteiger charge is -2.43. The second kappa shape index (κ2) is 13.1. The predicted molar refractivity (Wildman–Crippen MR) is 137 cm³/mol. The molecule has 0 aliphatic carbocycles. The first-order chi connectivity index (χ1) is 17.9. The van der Waals surface area contributed by atoms with Crippen molar-refractivity contribution in [2.75, 3.05) is 38.2 Å². The van der Waals surface area contributed by atoms with E-state index in [0.717, 1.165) is 49.5 Å². The molecular formula is C28H36N2O7. The maximum Gasteiger partial charge on any atom is 0.303 e. The molecule has 0 saturated carbocycles. The number of aliphatic hydroxyl groups is 1. The van der Waals surface area contributed by atoms with Crippen LogP contribution in [-0.4, -0.2) is 65.9 Å². The van der Waals surface area contributed by atoms with Crippen molar-refractivity contribution in [3.63, 3.8) is 0 Å². The van der Waals surface area contributed by atoms with Gasteiger partial charge in [-0.25, -0.2) is 0 Å². The summed E-state index contributed by atoms with van der Waals surface area (Å²) >= 11 is 0. The molecule has 0 bridgehead atoms. The van der Waals surface area contributed by atoms with E-state index in [1.165, 1.54) is 0 Å². The number of hydrogen-bond donors (Lipinski definition) is 3. The molecule has 0 spiro atoms. The molecule has 4 rings (SSSR count). The van der Waals surface area contributed by atoms with Crippen molar-refractivity contribution in [2.45, 2.75) is 51.3 Å². The topological polar surface area (TPSA) is 118 Å². The van der Waals surface area contributed by atoms with Gasteiger partial charge in [0.25, 0.3) is 0 Å². The maximum absolute atomic E-state index is 12.1. The van der Waals surface area contributed by atoms with Crippen molar-refractivity contribution in [3.05, 3.63) is 65.2 Å². The number of anilines is 1. The number of carboxylic acids is 1. The monoisotopic (exact) mass is 512 g/mol. The van der Waals surface area contributed by atoms with E-state index < -0.39 is 12.3 Å². The van der Waals surface area contributed by atoms with Gasteiger partial charge in [0.1, 0.15) is 0 Å². The van der Waals surface area contributed by atoms with Gasteiger partial charge in [0, 0.05) is 49.6 Å². The predicted octanol–water partition coefficient (Wildman–Crippen LogP) is 3.50. The van der Waals surface area contributed by atoms with Crippen molar-refractivity contribution >= 4 is 17.6 Å². The number of nitrogens with zero attached hydrogens (tertiary/aromatic N) is 1. The van der Waals surface area contributed by atoms with Crippen LogP contribution in [0.25, 0.3) is 0 Å². The fourth-order valence-electron chi connectivity index (χ4n) is 4.71. The largest absolute Gasteiger partial charge is 0.481 e. The quantitative estimate of drug-likeness (QED) is 0.443. The number of carboxylic acid groups (broad SMARTS) is 1. The third kappa shape index (κ3) is 7.59. The van der Waals surface area contributed by atoms with Gasteiger partial charge in [0.2, 0.25) is 5.91 Å². The molecule has 2 fully saturated rings. The van der Waals surface area contributed by atoms with Gasteiger partial charge < -0.3 is 29.7 Å². The summed E-state index contributed by atoms with van der Waals surface area (Å²) in [5.74, 6) is -1.03. The van der Waals surface area contributed by atoms with Crippen LogP contribution in [0.4, 0.5) is 5.69 Å². The van der Waals surface area contributed by atoms with Crippen molar-refractivity contribution < 1.29 is 34.0 Å². The summed E-state index contributed by atoms with van der Waals surface area (Å²) in [5, 5.41) is 21.0. The van der Waals surface area contributed by atoms with Crippen LogP contribution in [-0.2, 0) is 30.4 Å². The zero-order valence-corrected chi connectivity index (χ0v) is 21.2. The Morgan fingerprint density at radius 1 is 0.973 bits per heavy atom. The number of amides is 1. The fraction of sp³-hybridized carbons (Fsp3) is 0.500. The molecule has 2 aliphatic heterocycles. The molecule has 4 atom stereocenters. The first-order valence-corrected chi connectivity index (χ1v) is 12.8. The lowest BCUT2D eigenvalue weighted by atomic mass is 9.90. The number of rotatable bonds is 10. The molecule has 0 unspecified atom stereocenters. The highest BCUT2D eigenvalue weighted by Gasteiger charge is 2.39. The van der Waals surface area contributed by atoms with E-state index >= 15 is 0 Å². The van der Waals surface area contributed by atoms with E-state index in [1.807, 2.05) is 36.4 Å². The highest BCUT2D eigenvalue weighted by Crippen LogP contribution is 2.42. The Morgan fingerprint density at radius 2 is 1.65 bits per heavy atom. The molecule has 0 radical (unpaired) electrons. The standard InChI is InChI=1S/C28H36N2O7/c1-19-24(17-30-13-15-35-16-14-30)36-28(37-27(19)21-7-5-20(18-31)6-8-21)22-9-11-23(12-10-22)29-25(32)3-2-4-26(33)34/h5-12,19,24,27-28,31H,2-4,13-18H2,1H3,(H,29,32)(H,33,34)/t19-,24+,27+,28+/m1/s1. The number of aliphatic hydroxyl groups excluding tert-OH is 1. The Morgan fingerprint density at radius 3 is 2.30 bits per heavy atom. The zero-order valence-electron chi connectivity index (χ0n) is 21.2. The van der Waals surface area contributed by atoms with E-state index in [1.54, 1.807) is 12.1 Å². The van der Waals surface area contributed by atoms with Crippen molar-refractivity contribution in [1.29, 1.82) is 0 Å². The van der Waals surface area contributed by atoms with Gasteiger partial charge in [-0.15, -0.1) is 0 Å². The molecule has 9 nitrogen and oxygen atoms in total. The minimum atomic E-state index is -0.909. The van der Waals surface area contributed by atoms with Crippen LogP contribution in [0.2, 0.25) is 0 Å². The third-order valence-corrected chi connectivity index (χ3v) is 6.93. The van der Waals surface area contributed by atoms with Gasteiger partial charge in [0.15, 0.2) is 6.29 Å². The van der Waals surface area contributed by atoms with Crippen molar-refractivity contribution in [2.24, 2.45) is 5.92 Å². The normalized spacial score (nSPS) is 24.5. The summed E-state index contributed by atoms with van der Waals surface area (Å²) in [6.07, 6.45) is -0.409. The minimum absolute atomic E-state index is 0.00477. The molecule has 2 heterocycles.